The molecule has 2 N–H and O–H groups in total. The number of benzene rings is 1. The van der Waals surface area contributed by atoms with Crippen LogP contribution in [0.5, 0.6) is 0 Å². The largest absolute Gasteiger partial charge is 0.352 e. The molecule has 144 valence electrons. The maximum atomic E-state index is 12.1. The molecule has 2 heterocycles. The molecule has 0 aliphatic carbocycles. The fourth-order valence-corrected chi connectivity index (χ4v) is 3.22. The highest BCUT2D eigenvalue weighted by Gasteiger charge is 2.14. The van der Waals surface area contributed by atoms with Crippen molar-refractivity contribution in [2.24, 2.45) is 5.92 Å². The molecule has 0 saturated carbocycles. The molecule has 0 bridgehead atoms. The first kappa shape index (κ1) is 22.5. The molecular weight excluding hydrogens is 371 g/mol. The Morgan fingerprint density at radius 3 is 2.73 bits per heavy atom. The summed E-state index contributed by atoms with van der Waals surface area (Å²) < 4.78 is 2.04. The van der Waals surface area contributed by atoms with Crippen LogP contribution in [0.1, 0.15) is 36.8 Å². The maximum Gasteiger partial charge on any atom is 0.220 e. The number of halogens is 2. The van der Waals surface area contributed by atoms with E-state index in [0.29, 0.717) is 18.9 Å². The van der Waals surface area contributed by atoms with Crippen LogP contribution >= 0.6 is 24.8 Å². The summed E-state index contributed by atoms with van der Waals surface area (Å²) in [7, 11) is 0. The van der Waals surface area contributed by atoms with E-state index < -0.39 is 0 Å². The fourth-order valence-electron chi connectivity index (χ4n) is 3.22. The van der Waals surface area contributed by atoms with Gasteiger partial charge in [-0.05, 0) is 49.4 Å². The van der Waals surface area contributed by atoms with Crippen LogP contribution in [-0.4, -0.2) is 28.5 Å². The summed E-state index contributed by atoms with van der Waals surface area (Å²) in [5, 5.41) is 6.41. The Hall–Kier alpha value is -1.56. The van der Waals surface area contributed by atoms with Gasteiger partial charge in [0.05, 0.1) is 6.33 Å². The smallest absolute Gasteiger partial charge is 0.220 e. The van der Waals surface area contributed by atoms with Gasteiger partial charge in [0.1, 0.15) is 0 Å². The summed E-state index contributed by atoms with van der Waals surface area (Å²) in [6.45, 7) is 3.59. The average molecular weight is 399 g/mol. The Balaban J connectivity index is 0.00000169. The van der Waals surface area contributed by atoms with E-state index in [9.17, 15) is 4.79 Å². The number of hydrogen-bond acceptors (Lipinski definition) is 3. The third kappa shape index (κ3) is 7.36. The molecule has 1 fully saturated rings. The number of carbonyl (C=O) groups is 1. The first-order chi connectivity index (χ1) is 11.8. The number of nitrogens with one attached hydrogen (secondary N) is 2. The summed E-state index contributed by atoms with van der Waals surface area (Å²) >= 11 is 0. The quantitative estimate of drug-likeness (QED) is 0.752. The van der Waals surface area contributed by atoms with Crippen molar-refractivity contribution in [2.45, 2.75) is 38.8 Å². The molecule has 1 aliphatic rings. The van der Waals surface area contributed by atoms with E-state index in [0.717, 1.165) is 31.6 Å². The second-order valence-corrected chi connectivity index (χ2v) is 6.56. The van der Waals surface area contributed by atoms with Crippen molar-refractivity contribution < 1.29 is 4.79 Å². The summed E-state index contributed by atoms with van der Waals surface area (Å²) in [6, 6.07) is 8.35. The molecule has 5 nitrogen and oxygen atoms in total. The predicted octanol–water partition coefficient (Wildman–Crippen LogP) is 3.17. The van der Waals surface area contributed by atoms with Crippen molar-refractivity contribution in [1.29, 1.82) is 0 Å². The van der Waals surface area contributed by atoms with Crippen LogP contribution < -0.4 is 10.6 Å². The summed E-state index contributed by atoms with van der Waals surface area (Å²) in [5.41, 5.74) is 2.36. The van der Waals surface area contributed by atoms with Gasteiger partial charge in [0.2, 0.25) is 5.91 Å². The molecule has 3 rings (SSSR count). The molecule has 1 aromatic carbocycles. The molecule has 1 saturated heterocycles. The number of rotatable bonds is 7. The molecule has 0 radical (unpaired) electrons. The van der Waals surface area contributed by atoms with Gasteiger partial charge in [-0.3, -0.25) is 4.79 Å². The Morgan fingerprint density at radius 1 is 1.23 bits per heavy atom. The summed E-state index contributed by atoms with van der Waals surface area (Å²) in [4.78, 5) is 16.1. The van der Waals surface area contributed by atoms with Gasteiger partial charge < -0.3 is 15.2 Å². The van der Waals surface area contributed by atoms with Crippen molar-refractivity contribution >= 4 is 30.7 Å². The first-order valence-electron chi connectivity index (χ1n) is 8.80. The number of piperidine rings is 1. The molecule has 1 aromatic heterocycles. The van der Waals surface area contributed by atoms with Crippen LogP contribution in [0.25, 0.3) is 0 Å². The normalized spacial score (nSPS) is 14.2. The second-order valence-electron chi connectivity index (χ2n) is 6.56. The van der Waals surface area contributed by atoms with E-state index in [1.54, 1.807) is 6.20 Å². The van der Waals surface area contributed by atoms with Crippen molar-refractivity contribution in [3.8, 4) is 0 Å². The van der Waals surface area contributed by atoms with Crippen LogP contribution in [0.4, 0.5) is 0 Å². The van der Waals surface area contributed by atoms with Crippen molar-refractivity contribution in [3.63, 3.8) is 0 Å². The van der Waals surface area contributed by atoms with Gasteiger partial charge in [-0.15, -0.1) is 24.8 Å². The lowest BCUT2D eigenvalue weighted by Gasteiger charge is -2.22. The zero-order valence-electron chi connectivity index (χ0n) is 14.9. The molecule has 0 spiro atoms. The van der Waals surface area contributed by atoms with Gasteiger partial charge in [-0.25, -0.2) is 4.98 Å². The highest BCUT2D eigenvalue weighted by molar-refractivity contribution is 5.85. The molecule has 0 atom stereocenters. The zero-order valence-corrected chi connectivity index (χ0v) is 16.5. The predicted molar refractivity (Wildman–Crippen MR) is 109 cm³/mol. The van der Waals surface area contributed by atoms with E-state index in [1.165, 1.54) is 18.4 Å². The molecule has 26 heavy (non-hydrogen) atoms. The number of aromatic nitrogens is 2. The van der Waals surface area contributed by atoms with Crippen LogP contribution in [0.2, 0.25) is 0 Å². The van der Waals surface area contributed by atoms with Gasteiger partial charge in [-0.1, -0.05) is 24.3 Å². The molecule has 1 amide bonds. The van der Waals surface area contributed by atoms with Gasteiger partial charge >= 0.3 is 0 Å². The number of carbonyl (C=O) groups excluding carboxylic acids is 1. The lowest BCUT2D eigenvalue weighted by Crippen LogP contribution is -2.29. The third-order valence-corrected chi connectivity index (χ3v) is 4.64. The highest BCUT2D eigenvalue weighted by Crippen LogP contribution is 2.17. The summed E-state index contributed by atoms with van der Waals surface area (Å²) in [5.74, 6) is 0.865. The van der Waals surface area contributed by atoms with Crippen LogP contribution in [-0.2, 0) is 17.9 Å². The van der Waals surface area contributed by atoms with E-state index in [1.807, 2.05) is 23.2 Å². The minimum absolute atomic E-state index is 0. The number of hydrogen-bond donors (Lipinski definition) is 2. The fraction of sp³-hybridized carbons (Fsp3) is 0.474. The second kappa shape index (κ2) is 11.9. The van der Waals surface area contributed by atoms with Crippen molar-refractivity contribution in [1.82, 2.24) is 20.2 Å². The molecule has 2 aromatic rings. The standard InChI is InChI=1S/C19H26N4O.2ClH/c24-19(5-4-16-6-8-20-9-7-16)22-13-17-2-1-3-18(12-17)14-23-11-10-21-15-23;;/h1-3,10-12,15-16,20H,4-9,13-14H2,(H,22,24);2*1H. The SMILES string of the molecule is Cl.Cl.O=C(CCC1CCNCC1)NCc1cccc(Cn2ccnc2)c1. The number of amides is 1. The minimum atomic E-state index is 0. The van der Waals surface area contributed by atoms with E-state index >= 15 is 0 Å². The van der Waals surface area contributed by atoms with Gasteiger partial charge in [0.25, 0.3) is 0 Å². The molecule has 0 unspecified atom stereocenters. The van der Waals surface area contributed by atoms with Gasteiger partial charge in [-0.2, -0.15) is 0 Å². The lowest BCUT2D eigenvalue weighted by molar-refractivity contribution is -0.121. The Kier molecular flexibility index (Phi) is 10.3. The van der Waals surface area contributed by atoms with Crippen molar-refractivity contribution in [2.75, 3.05) is 13.1 Å². The molecular formula is C19H28Cl2N4O. The first-order valence-corrected chi connectivity index (χ1v) is 8.80. The van der Waals surface area contributed by atoms with Gasteiger partial charge in [0.15, 0.2) is 0 Å². The topological polar surface area (TPSA) is 59.0 Å². The highest BCUT2D eigenvalue weighted by atomic mass is 35.5. The van der Waals surface area contributed by atoms with E-state index in [2.05, 4.69) is 33.8 Å². The minimum Gasteiger partial charge on any atom is -0.352 e. The monoisotopic (exact) mass is 398 g/mol. The average Bonchev–Trinajstić information content (AvgIpc) is 3.12. The van der Waals surface area contributed by atoms with Gasteiger partial charge in [0, 0.05) is 31.9 Å². The lowest BCUT2D eigenvalue weighted by atomic mass is 9.93. The van der Waals surface area contributed by atoms with Crippen LogP contribution in [0.3, 0.4) is 0 Å². The Morgan fingerprint density at radius 2 is 2.00 bits per heavy atom. The Labute approximate surface area is 167 Å². The summed E-state index contributed by atoms with van der Waals surface area (Å²) in [6.07, 6.45) is 9.59. The Bertz CT molecular complexity index is 643. The van der Waals surface area contributed by atoms with Crippen LogP contribution in [0, 0.1) is 5.92 Å². The third-order valence-electron chi connectivity index (χ3n) is 4.64. The van der Waals surface area contributed by atoms with Crippen LogP contribution in [0.15, 0.2) is 43.0 Å². The molecule has 7 heteroatoms. The maximum absolute atomic E-state index is 12.1. The zero-order chi connectivity index (χ0) is 16.6. The number of imidazole rings is 1. The van der Waals surface area contributed by atoms with E-state index in [-0.39, 0.29) is 30.7 Å². The van der Waals surface area contributed by atoms with E-state index in [4.69, 9.17) is 0 Å². The number of nitrogens with zero attached hydrogens (tertiary/aromatic N) is 2. The molecule has 1 aliphatic heterocycles. The van der Waals surface area contributed by atoms with Crippen molar-refractivity contribution in [3.05, 3.63) is 54.1 Å².